The van der Waals surface area contributed by atoms with Crippen molar-refractivity contribution in [3.05, 3.63) is 11.6 Å². The monoisotopic (exact) mass is 183 g/mol. The van der Waals surface area contributed by atoms with E-state index in [1.165, 1.54) is 0 Å². The molecule has 0 aliphatic carbocycles. The fourth-order valence-corrected chi connectivity index (χ4v) is 1.15. The Kier molecular flexibility index (Phi) is 3.48. The molecular weight excluding hydrogens is 166 g/mol. The molecular formula is C10H17NO2. The van der Waals surface area contributed by atoms with E-state index in [2.05, 4.69) is 0 Å². The van der Waals surface area contributed by atoms with Gasteiger partial charge in [0.05, 0.1) is 12.7 Å². The van der Waals surface area contributed by atoms with Crippen molar-refractivity contribution in [2.75, 3.05) is 19.7 Å². The number of ether oxygens (including phenoxy) is 1. The highest BCUT2D eigenvalue weighted by Gasteiger charge is 2.27. The Morgan fingerprint density at radius 2 is 2.31 bits per heavy atom. The number of carbonyl (C=O) groups excluding carboxylic acids is 1. The van der Waals surface area contributed by atoms with Crippen LogP contribution in [0.25, 0.3) is 0 Å². The van der Waals surface area contributed by atoms with Crippen molar-refractivity contribution in [3.8, 4) is 0 Å². The van der Waals surface area contributed by atoms with E-state index in [1.54, 1.807) is 0 Å². The molecule has 74 valence electrons. The molecule has 0 aromatic rings. The third kappa shape index (κ3) is 2.84. The highest BCUT2D eigenvalue weighted by atomic mass is 16.6. The molecule has 3 heteroatoms. The predicted molar refractivity (Wildman–Crippen MR) is 51.4 cm³/mol. The molecule has 0 aromatic heterocycles. The van der Waals surface area contributed by atoms with Crippen molar-refractivity contribution >= 4 is 5.91 Å². The molecule has 1 rings (SSSR count). The SMILES string of the molecule is CC=C(C)C(=O)N(CC)CC1CO1. The highest BCUT2D eigenvalue weighted by Crippen LogP contribution is 2.12. The van der Waals surface area contributed by atoms with Gasteiger partial charge in [-0.3, -0.25) is 4.79 Å². The quantitative estimate of drug-likeness (QED) is 0.484. The maximum atomic E-state index is 11.7. The van der Waals surface area contributed by atoms with E-state index < -0.39 is 0 Å². The standard InChI is InChI=1S/C10H17NO2/c1-4-8(3)10(12)11(5-2)6-9-7-13-9/h4,9H,5-7H2,1-3H3. The molecule has 1 heterocycles. The lowest BCUT2D eigenvalue weighted by Crippen LogP contribution is -2.34. The average molecular weight is 183 g/mol. The average Bonchev–Trinajstić information content (AvgIpc) is 2.95. The molecule has 3 nitrogen and oxygen atoms in total. The van der Waals surface area contributed by atoms with Gasteiger partial charge in [-0.2, -0.15) is 0 Å². The minimum Gasteiger partial charge on any atom is -0.371 e. The van der Waals surface area contributed by atoms with Crippen LogP contribution in [0.2, 0.25) is 0 Å². The first kappa shape index (κ1) is 10.3. The predicted octanol–water partition coefficient (Wildman–Crippen LogP) is 1.20. The number of hydrogen-bond acceptors (Lipinski definition) is 2. The minimum absolute atomic E-state index is 0.125. The maximum Gasteiger partial charge on any atom is 0.249 e. The summed E-state index contributed by atoms with van der Waals surface area (Å²) < 4.78 is 5.09. The normalized spacial score (nSPS) is 21.5. The van der Waals surface area contributed by atoms with E-state index in [0.717, 1.165) is 25.3 Å². The lowest BCUT2D eigenvalue weighted by molar-refractivity contribution is -0.127. The second-order valence-corrected chi connectivity index (χ2v) is 3.27. The molecule has 0 saturated carbocycles. The van der Waals surface area contributed by atoms with E-state index in [0.29, 0.717) is 0 Å². The minimum atomic E-state index is 0.125. The zero-order chi connectivity index (χ0) is 9.84. The van der Waals surface area contributed by atoms with Gasteiger partial charge in [0.15, 0.2) is 0 Å². The van der Waals surface area contributed by atoms with Crippen LogP contribution in [0.4, 0.5) is 0 Å². The largest absolute Gasteiger partial charge is 0.371 e. The van der Waals surface area contributed by atoms with Crippen LogP contribution in [0.3, 0.4) is 0 Å². The van der Waals surface area contributed by atoms with Crippen molar-refractivity contribution in [2.45, 2.75) is 26.9 Å². The zero-order valence-corrected chi connectivity index (χ0v) is 8.54. The molecule has 1 aliphatic rings. The summed E-state index contributed by atoms with van der Waals surface area (Å²) in [6.07, 6.45) is 2.13. The molecule has 1 unspecified atom stereocenters. The number of allylic oxidation sites excluding steroid dienone is 1. The second-order valence-electron chi connectivity index (χ2n) is 3.27. The third-order valence-corrected chi connectivity index (χ3v) is 2.27. The van der Waals surface area contributed by atoms with Crippen LogP contribution in [0.1, 0.15) is 20.8 Å². The molecule has 1 atom stereocenters. The number of nitrogens with zero attached hydrogens (tertiary/aromatic N) is 1. The van der Waals surface area contributed by atoms with Crippen LogP contribution >= 0.6 is 0 Å². The first-order chi connectivity index (χ1) is 6.19. The van der Waals surface area contributed by atoms with Crippen LogP contribution in [0, 0.1) is 0 Å². The fraction of sp³-hybridized carbons (Fsp3) is 0.700. The maximum absolute atomic E-state index is 11.7. The lowest BCUT2D eigenvalue weighted by Gasteiger charge is -2.19. The number of hydrogen-bond donors (Lipinski definition) is 0. The summed E-state index contributed by atoms with van der Waals surface area (Å²) in [6.45, 7) is 8.01. The van der Waals surface area contributed by atoms with E-state index >= 15 is 0 Å². The molecule has 1 aliphatic heterocycles. The molecule has 1 fully saturated rings. The van der Waals surface area contributed by atoms with Gasteiger partial charge in [0, 0.05) is 18.7 Å². The smallest absolute Gasteiger partial charge is 0.249 e. The number of epoxide rings is 1. The summed E-state index contributed by atoms with van der Waals surface area (Å²) in [6, 6.07) is 0. The van der Waals surface area contributed by atoms with E-state index in [-0.39, 0.29) is 12.0 Å². The van der Waals surface area contributed by atoms with Gasteiger partial charge >= 0.3 is 0 Å². The van der Waals surface area contributed by atoms with Crippen LogP contribution < -0.4 is 0 Å². The summed E-state index contributed by atoms with van der Waals surface area (Å²) in [4.78, 5) is 13.5. The summed E-state index contributed by atoms with van der Waals surface area (Å²) >= 11 is 0. The number of carbonyl (C=O) groups is 1. The van der Waals surface area contributed by atoms with Gasteiger partial charge in [0.2, 0.25) is 5.91 Å². The van der Waals surface area contributed by atoms with E-state index in [1.807, 2.05) is 31.7 Å². The summed E-state index contributed by atoms with van der Waals surface area (Å²) in [7, 11) is 0. The molecule has 13 heavy (non-hydrogen) atoms. The van der Waals surface area contributed by atoms with Crippen molar-refractivity contribution in [1.82, 2.24) is 4.90 Å². The van der Waals surface area contributed by atoms with Gasteiger partial charge in [-0.05, 0) is 20.8 Å². The third-order valence-electron chi connectivity index (χ3n) is 2.27. The fourth-order valence-electron chi connectivity index (χ4n) is 1.15. The first-order valence-electron chi connectivity index (χ1n) is 4.72. The number of rotatable bonds is 4. The first-order valence-corrected chi connectivity index (χ1v) is 4.72. The molecule has 1 amide bonds. The van der Waals surface area contributed by atoms with Crippen LogP contribution in [-0.4, -0.2) is 36.6 Å². The van der Waals surface area contributed by atoms with Gasteiger partial charge < -0.3 is 9.64 Å². The summed E-state index contributed by atoms with van der Waals surface area (Å²) in [5, 5.41) is 0. The number of amides is 1. The summed E-state index contributed by atoms with van der Waals surface area (Å²) in [5.41, 5.74) is 0.808. The van der Waals surface area contributed by atoms with Crippen molar-refractivity contribution in [2.24, 2.45) is 0 Å². The molecule has 1 saturated heterocycles. The molecule has 0 bridgehead atoms. The molecule has 0 N–H and O–H groups in total. The molecule has 0 spiro atoms. The van der Waals surface area contributed by atoms with Crippen molar-refractivity contribution in [1.29, 1.82) is 0 Å². The second kappa shape index (κ2) is 4.42. The van der Waals surface area contributed by atoms with Crippen LogP contribution in [0.5, 0.6) is 0 Å². The Labute approximate surface area is 79.4 Å². The van der Waals surface area contributed by atoms with Crippen LogP contribution in [-0.2, 0) is 9.53 Å². The molecule has 0 aromatic carbocycles. The Balaban J connectivity index is 2.48. The number of likely N-dealkylation sites (N-methyl/N-ethyl adjacent to an activating group) is 1. The highest BCUT2D eigenvalue weighted by molar-refractivity contribution is 5.92. The summed E-state index contributed by atoms with van der Waals surface area (Å²) in [5.74, 6) is 0.125. The van der Waals surface area contributed by atoms with Gasteiger partial charge in [0.1, 0.15) is 0 Å². The van der Waals surface area contributed by atoms with Gasteiger partial charge in [0.25, 0.3) is 0 Å². The Morgan fingerprint density at radius 1 is 1.69 bits per heavy atom. The van der Waals surface area contributed by atoms with Crippen molar-refractivity contribution < 1.29 is 9.53 Å². The van der Waals surface area contributed by atoms with E-state index in [4.69, 9.17) is 4.74 Å². The van der Waals surface area contributed by atoms with E-state index in [9.17, 15) is 4.79 Å². The van der Waals surface area contributed by atoms with Gasteiger partial charge in [-0.15, -0.1) is 0 Å². The Morgan fingerprint density at radius 3 is 2.69 bits per heavy atom. The Bertz CT molecular complexity index is 219. The van der Waals surface area contributed by atoms with Gasteiger partial charge in [-0.25, -0.2) is 0 Å². The molecule has 0 radical (unpaired) electrons. The van der Waals surface area contributed by atoms with Gasteiger partial charge in [-0.1, -0.05) is 6.08 Å². The zero-order valence-electron chi connectivity index (χ0n) is 8.54. The van der Waals surface area contributed by atoms with Crippen LogP contribution in [0.15, 0.2) is 11.6 Å². The topological polar surface area (TPSA) is 32.8 Å². The Hall–Kier alpha value is -0.830. The van der Waals surface area contributed by atoms with Crippen molar-refractivity contribution in [3.63, 3.8) is 0 Å². The lowest BCUT2D eigenvalue weighted by atomic mass is 10.2.